The van der Waals surface area contributed by atoms with Crippen LogP contribution in [-0.4, -0.2) is 54.0 Å². The van der Waals surface area contributed by atoms with E-state index in [-0.39, 0.29) is 24.5 Å². The van der Waals surface area contributed by atoms with Gasteiger partial charge in [0, 0.05) is 38.7 Å². The van der Waals surface area contributed by atoms with Crippen LogP contribution in [0.3, 0.4) is 0 Å². The zero-order chi connectivity index (χ0) is 16.7. The molecule has 0 spiro atoms. The van der Waals surface area contributed by atoms with Gasteiger partial charge in [0.2, 0.25) is 11.8 Å². The summed E-state index contributed by atoms with van der Waals surface area (Å²) >= 11 is 0. The number of carbonyl (C=O) groups excluding carboxylic acids is 2. The van der Waals surface area contributed by atoms with E-state index in [1.807, 2.05) is 42.2 Å². The summed E-state index contributed by atoms with van der Waals surface area (Å²) in [5.41, 5.74) is 1.12. The highest BCUT2D eigenvalue weighted by molar-refractivity contribution is 5.81. The molecule has 126 valence electrons. The predicted molar refractivity (Wildman–Crippen MR) is 88.8 cm³/mol. The second-order valence-electron chi connectivity index (χ2n) is 5.80. The number of ether oxygens (including phenoxy) is 1. The third kappa shape index (κ3) is 4.79. The van der Waals surface area contributed by atoms with Crippen molar-refractivity contribution in [2.24, 2.45) is 0 Å². The Morgan fingerprint density at radius 3 is 2.65 bits per heavy atom. The molecule has 0 radical (unpaired) electrons. The Balaban J connectivity index is 2.08. The Bertz CT molecular complexity index is 518. The molecule has 5 heteroatoms. The lowest BCUT2D eigenvalue weighted by molar-refractivity contribution is -0.136. The summed E-state index contributed by atoms with van der Waals surface area (Å²) in [4.78, 5) is 28.4. The Morgan fingerprint density at radius 2 is 2.00 bits per heavy atom. The van der Waals surface area contributed by atoms with Crippen LogP contribution in [-0.2, 0) is 20.9 Å². The molecule has 1 atom stereocenters. The number of benzene rings is 1. The van der Waals surface area contributed by atoms with Crippen LogP contribution in [0.4, 0.5) is 0 Å². The van der Waals surface area contributed by atoms with Crippen molar-refractivity contribution >= 4 is 11.8 Å². The molecule has 1 heterocycles. The third-order valence-corrected chi connectivity index (χ3v) is 4.24. The zero-order valence-electron chi connectivity index (χ0n) is 14.0. The first kappa shape index (κ1) is 17.5. The standard InChI is InChI=1S/C18H26N2O3/c1-3-16-13-19(18(22)14-23-4-2)11-10-17(21)20(16)12-15-8-6-5-7-9-15/h5-9,16H,3-4,10-14H2,1-2H3/t16-/m0/s1. The van der Waals surface area contributed by atoms with Crippen molar-refractivity contribution in [3.05, 3.63) is 35.9 Å². The first-order valence-corrected chi connectivity index (χ1v) is 8.34. The molecule has 1 fully saturated rings. The summed E-state index contributed by atoms with van der Waals surface area (Å²) in [7, 11) is 0. The molecule has 1 aromatic rings. The van der Waals surface area contributed by atoms with Crippen LogP contribution in [0.2, 0.25) is 0 Å². The largest absolute Gasteiger partial charge is 0.372 e. The van der Waals surface area contributed by atoms with Gasteiger partial charge >= 0.3 is 0 Å². The van der Waals surface area contributed by atoms with Crippen molar-refractivity contribution in [2.45, 2.75) is 39.3 Å². The SMILES string of the molecule is CCOCC(=O)N1CCC(=O)N(Cc2ccccc2)[C@@H](CC)C1. The fourth-order valence-electron chi connectivity index (χ4n) is 2.88. The maximum atomic E-state index is 12.5. The summed E-state index contributed by atoms with van der Waals surface area (Å²) in [6.07, 6.45) is 1.21. The van der Waals surface area contributed by atoms with E-state index in [1.54, 1.807) is 4.90 Å². The number of nitrogens with zero attached hydrogens (tertiary/aromatic N) is 2. The number of amides is 2. The summed E-state index contributed by atoms with van der Waals surface area (Å²) in [5, 5.41) is 0. The minimum Gasteiger partial charge on any atom is -0.372 e. The molecule has 23 heavy (non-hydrogen) atoms. The van der Waals surface area contributed by atoms with E-state index in [2.05, 4.69) is 6.92 Å². The molecule has 0 N–H and O–H groups in total. The first-order chi connectivity index (χ1) is 11.2. The number of hydrogen-bond donors (Lipinski definition) is 0. The Hall–Kier alpha value is -1.88. The van der Waals surface area contributed by atoms with Gasteiger partial charge in [-0.3, -0.25) is 9.59 Å². The lowest BCUT2D eigenvalue weighted by Gasteiger charge is -2.31. The first-order valence-electron chi connectivity index (χ1n) is 8.34. The van der Waals surface area contributed by atoms with Gasteiger partial charge in [0.25, 0.3) is 0 Å². The molecule has 5 nitrogen and oxygen atoms in total. The lowest BCUT2D eigenvalue weighted by Crippen LogP contribution is -2.44. The van der Waals surface area contributed by atoms with Gasteiger partial charge < -0.3 is 14.5 Å². The predicted octanol–water partition coefficient (Wildman–Crippen LogP) is 2.06. The third-order valence-electron chi connectivity index (χ3n) is 4.24. The van der Waals surface area contributed by atoms with Gasteiger partial charge in [-0.05, 0) is 18.9 Å². The van der Waals surface area contributed by atoms with E-state index >= 15 is 0 Å². The van der Waals surface area contributed by atoms with Gasteiger partial charge in [0.15, 0.2) is 0 Å². The van der Waals surface area contributed by atoms with Crippen molar-refractivity contribution in [3.8, 4) is 0 Å². The van der Waals surface area contributed by atoms with E-state index in [0.717, 1.165) is 12.0 Å². The highest BCUT2D eigenvalue weighted by Gasteiger charge is 2.30. The van der Waals surface area contributed by atoms with Crippen LogP contribution in [0.1, 0.15) is 32.3 Å². The summed E-state index contributed by atoms with van der Waals surface area (Å²) in [6.45, 7) is 6.22. The second kappa shape index (κ2) is 8.67. The fraction of sp³-hybridized carbons (Fsp3) is 0.556. The normalized spacial score (nSPS) is 18.9. The van der Waals surface area contributed by atoms with Crippen molar-refractivity contribution in [1.82, 2.24) is 9.80 Å². The van der Waals surface area contributed by atoms with Crippen LogP contribution in [0.25, 0.3) is 0 Å². The molecule has 1 aliphatic rings. The topological polar surface area (TPSA) is 49.9 Å². The van der Waals surface area contributed by atoms with Crippen molar-refractivity contribution < 1.29 is 14.3 Å². The molecular formula is C18H26N2O3. The highest BCUT2D eigenvalue weighted by atomic mass is 16.5. The van der Waals surface area contributed by atoms with E-state index in [9.17, 15) is 9.59 Å². The minimum absolute atomic E-state index is 0.0281. The molecule has 1 saturated heterocycles. The summed E-state index contributed by atoms with van der Waals surface area (Å²) < 4.78 is 5.22. The van der Waals surface area contributed by atoms with Crippen LogP contribution in [0, 0.1) is 0 Å². The maximum absolute atomic E-state index is 12.5. The van der Waals surface area contributed by atoms with Gasteiger partial charge in [0.1, 0.15) is 6.61 Å². The molecule has 1 aliphatic heterocycles. The van der Waals surface area contributed by atoms with Crippen molar-refractivity contribution in [3.63, 3.8) is 0 Å². The average Bonchev–Trinajstić information content (AvgIpc) is 2.73. The van der Waals surface area contributed by atoms with Crippen LogP contribution >= 0.6 is 0 Å². The summed E-state index contributed by atoms with van der Waals surface area (Å²) in [5.74, 6) is 0.0899. The second-order valence-corrected chi connectivity index (χ2v) is 5.80. The smallest absolute Gasteiger partial charge is 0.248 e. The van der Waals surface area contributed by atoms with Crippen LogP contribution in [0.15, 0.2) is 30.3 Å². The highest BCUT2D eigenvalue weighted by Crippen LogP contribution is 2.18. The minimum atomic E-state index is -0.0281. The van der Waals surface area contributed by atoms with Gasteiger partial charge in [0.05, 0.1) is 0 Å². The molecule has 2 amide bonds. The molecular weight excluding hydrogens is 292 g/mol. The van der Waals surface area contributed by atoms with E-state index in [0.29, 0.717) is 32.7 Å². The van der Waals surface area contributed by atoms with Crippen molar-refractivity contribution in [1.29, 1.82) is 0 Å². The van der Waals surface area contributed by atoms with Crippen LogP contribution in [0.5, 0.6) is 0 Å². The zero-order valence-corrected chi connectivity index (χ0v) is 14.0. The molecule has 0 saturated carbocycles. The molecule has 2 rings (SSSR count). The average molecular weight is 318 g/mol. The van der Waals surface area contributed by atoms with Gasteiger partial charge in [-0.15, -0.1) is 0 Å². The number of rotatable bonds is 6. The molecule has 0 aromatic heterocycles. The van der Waals surface area contributed by atoms with Gasteiger partial charge in [-0.25, -0.2) is 0 Å². The maximum Gasteiger partial charge on any atom is 0.248 e. The molecule has 1 aromatic carbocycles. The fourth-order valence-corrected chi connectivity index (χ4v) is 2.88. The summed E-state index contributed by atoms with van der Waals surface area (Å²) in [6, 6.07) is 10.0. The molecule has 0 bridgehead atoms. The Kier molecular flexibility index (Phi) is 6.59. The van der Waals surface area contributed by atoms with E-state index < -0.39 is 0 Å². The number of hydrogen-bond acceptors (Lipinski definition) is 3. The Morgan fingerprint density at radius 1 is 1.26 bits per heavy atom. The molecule has 0 aliphatic carbocycles. The Labute approximate surface area is 138 Å². The van der Waals surface area contributed by atoms with Gasteiger partial charge in [-0.2, -0.15) is 0 Å². The lowest BCUT2D eigenvalue weighted by atomic mass is 10.1. The molecule has 0 unspecified atom stereocenters. The van der Waals surface area contributed by atoms with Crippen LogP contribution < -0.4 is 0 Å². The monoisotopic (exact) mass is 318 g/mol. The van der Waals surface area contributed by atoms with Gasteiger partial charge in [-0.1, -0.05) is 37.3 Å². The quantitative estimate of drug-likeness (QED) is 0.807. The van der Waals surface area contributed by atoms with Crippen molar-refractivity contribution in [2.75, 3.05) is 26.3 Å². The van der Waals surface area contributed by atoms with E-state index in [1.165, 1.54) is 0 Å². The van der Waals surface area contributed by atoms with E-state index in [4.69, 9.17) is 4.74 Å². The number of carbonyl (C=O) groups is 2.